The molecule has 1 amide bonds. The standard InChI is InChI=1S/C14H19FN2O2/c1-10(14(19)17-6-2-3-7-17)16-9-11-8-12(15)4-5-13(11)18/h4-5,8,10,16,18H,2-3,6-7,9H2,1H3. The average molecular weight is 266 g/mol. The number of halogens is 1. The summed E-state index contributed by atoms with van der Waals surface area (Å²) in [6.07, 6.45) is 2.12. The summed E-state index contributed by atoms with van der Waals surface area (Å²) in [6, 6.07) is 3.47. The molecular weight excluding hydrogens is 247 g/mol. The van der Waals surface area contributed by atoms with E-state index in [0.717, 1.165) is 25.9 Å². The van der Waals surface area contributed by atoms with Gasteiger partial charge in [0.1, 0.15) is 11.6 Å². The van der Waals surface area contributed by atoms with Crippen LogP contribution in [0, 0.1) is 5.82 Å². The second kappa shape index (κ2) is 6.02. The number of aromatic hydroxyl groups is 1. The highest BCUT2D eigenvalue weighted by molar-refractivity contribution is 5.81. The number of phenolic OH excluding ortho intramolecular Hbond substituents is 1. The molecule has 0 aliphatic carbocycles. The Hall–Kier alpha value is -1.62. The summed E-state index contributed by atoms with van der Waals surface area (Å²) in [5.74, 6) is -0.295. The number of carbonyl (C=O) groups is 1. The Labute approximate surface area is 112 Å². The largest absolute Gasteiger partial charge is 0.508 e. The third-order valence-electron chi connectivity index (χ3n) is 3.43. The van der Waals surface area contributed by atoms with Crippen molar-refractivity contribution in [3.63, 3.8) is 0 Å². The van der Waals surface area contributed by atoms with Gasteiger partial charge in [-0.05, 0) is 38.0 Å². The fraction of sp³-hybridized carbons (Fsp3) is 0.500. The number of amides is 1. The van der Waals surface area contributed by atoms with Gasteiger partial charge in [-0.25, -0.2) is 4.39 Å². The van der Waals surface area contributed by atoms with Crippen LogP contribution in [0.5, 0.6) is 5.75 Å². The third kappa shape index (κ3) is 3.44. The average Bonchev–Trinajstić information content (AvgIpc) is 2.92. The van der Waals surface area contributed by atoms with E-state index in [1.165, 1.54) is 18.2 Å². The summed E-state index contributed by atoms with van der Waals surface area (Å²) in [6.45, 7) is 3.69. The highest BCUT2D eigenvalue weighted by Crippen LogP contribution is 2.18. The smallest absolute Gasteiger partial charge is 0.239 e. The monoisotopic (exact) mass is 266 g/mol. The van der Waals surface area contributed by atoms with Gasteiger partial charge in [0.2, 0.25) is 5.91 Å². The molecule has 5 heteroatoms. The second-order valence-corrected chi connectivity index (χ2v) is 4.91. The van der Waals surface area contributed by atoms with Crippen LogP contribution in [0.3, 0.4) is 0 Å². The Morgan fingerprint density at radius 1 is 1.47 bits per heavy atom. The molecule has 1 unspecified atom stereocenters. The minimum atomic E-state index is -0.395. The van der Waals surface area contributed by atoms with Gasteiger partial charge in [-0.2, -0.15) is 0 Å². The summed E-state index contributed by atoms with van der Waals surface area (Å²) >= 11 is 0. The van der Waals surface area contributed by atoms with Crippen molar-refractivity contribution in [3.8, 4) is 5.75 Å². The molecule has 2 N–H and O–H groups in total. The second-order valence-electron chi connectivity index (χ2n) is 4.91. The molecule has 19 heavy (non-hydrogen) atoms. The Morgan fingerprint density at radius 2 is 2.16 bits per heavy atom. The molecule has 1 fully saturated rings. The van der Waals surface area contributed by atoms with Crippen molar-refractivity contribution in [1.82, 2.24) is 10.2 Å². The van der Waals surface area contributed by atoms with Crippen LogP contribution in [0.1, 0.15) is 25.3 Å². The van der Waals surface area contributed by atoms with Crippen molar-refractivity contribution in [2.45, 2.75) is 32.4 Å². The van der Waals surface area contributed by atoms with Gasteiger partial charge in [0, 0.05) is 25.2 Å². The van der Waals surface area contributed by atoms with Crippen molar-refractivity contribution in [2.75, 3.05) is 13.1 Å². The number of likely N-dealkylation sites (tertiary alicyclic amines) is 1. The lowest BCUT2D eigenvalue weighted by molar-refractivity contribution is -0.131. The molecule has 4 nitrogen and oxygen atoms in total. The molecule has 0 bridgehead atoms. The number of hydrogen-bond acceptors (Lipinski definition) is 3. The molecule has 1 saturated heterocycles. The number of benzene rings is 1. The summed E-state index contributed by atoms with van der Waals surface area (Å²) < 4.78 is 13.1. The van der Waals surface area contributed by atoms with E-state index in [9.17, 15) is 14.3 Å². The van der Waals surface area contributed by atoms with Crippen molar-refractivity contribution in [3.05, 3.63) is 29.6 Å². The fourth-order valence-electron chi connectivity index (χ4n) is 2.26. The van der Waals surface area contributed by atoms with Crippen LogP contribution in [-0.4, -0.2) is 35.0 Å². The first-order chi connectivity index (χ1) is 9.08. The van der Waals surface area contributed by atoms with E-state index in [1.54, 1.807) is 6.92 Å². The molecule has 0 radical (unpaired) electrons. The maximum atomic E-state index is 13.1. The summed E-state index contributed by atoms with van der Waals surface area (Å²) in [5, 5.41) is 12.6. The van der Waals surface area contributed by atoms with E-state index >= 15 is 0 Å². The number of hydrogen-bond donors (Lipinski definition) is 2. The summed E-state index contributed by atoms with van der Waals surface area (Å²) in [4.78, 5) is 13.9. The highest BCUT2D eigenvalue weighted by atomic mass is 19.1. The number of carbonyl (C=O) groups excluding carboxylic acids is 1. The molecule has 0 saturated carbocycles. The van der Waals surface area contributed by atoms with Crippen LogP contribution in [0.2, 0.25) is 0 Å². The van der Waals surface area contributed by atoms with Crippen molar-refractivity contribution < 1.29 is 14.3 Å². The predicted molar refractivity (Wildman–Crippen MR) is 70.2 cm³/mol. The molecular formula is C14H19FN2O2. The Kier molecular flexibility index (Phi) is 4.37. The molecule has 1 aromatic rings. The van der Waals surface area contributed by atoms with E-state index in [0.29, 0.717) is 5.56 Å². The first kappa shape index (κ1) is 13.8. The summed E-state index contributed by atoms with van der Waals surface area (Å²) in [7, 11) is 0. The van der Waals surface area contributed by atoms with Gasteiger partial charge < -0.3 is 15.3 Å². The van der Waals surface area contributed by atoms with Crippen molar-refractivity contribution in [2.24, 2.45) is 0 Å². The van der Waals surface area contributed by atoms with Gasteiger partial charge in [0.05, 0.1) is 6.04 Å². The van der Waals surface area contributed by atoms with Gasteiger partial charge in [0.15, 0.2) is 0 Å². The molecule has 1 aliphatic rings. The SMILES string of the molecule is CC(NCc1cc(F)ccc1O)C(=O)N1CCCC1. The molecule has 104 valence electrons. The van der Waals surface area contributed by atoms with Crippen LogP contribution < -0.4 is 5.32 Å². The zero-order valence-electron chi connectivity index (χ0n) is 11.0. The van der Waals surface area contributed by atoms with E-state index in [2.05, 4.69) is 5.32 Å². The zero-order valence-corrected chi connectivity index (χ0v) is 11.0. The molecule has 0 spiro atoms. The third-order valence-corrected chi connectivity index (χ3v) is 3.43. The topological polar surface area (TPSA) is 52.6 Å². The normalized spacial score (nSPS) is 16.6. The van der Waals surface area contributed by atoms with Crippen LogP contribution >= 0.6 is 0 Å². The van der Waals surface area contributed by atoms with Crippen LogP contribution in [0.15, 0.2) is 18.2 Å². The van der Waals surface area contributed by atoms with E-state index in [-0.39, 0.29) is 24.2 Å². The molecule has 2 rings (SSSR count). The lowest BCUT2D eigenvalue weighted by Crippen LogP contribution is -2.43. The maximum Gasteiger partial charge on any atom is 0.239 e. The van der Waals surface area contributed by atoms with Crippen molar-refractivity contribution in [1.29, 1.82) is 0 Å². The quantitative estimate of drug-likeness (QED) is 0.871. The molecule has 1 atom stereocenters. The minimum absolute atomic E-state index is 0.0368. The first-order valence-corrected chi connectivity index (χ1v) is 6.57. The Morgan fingerprint density at radius 3 is 2.84 bits per heavy atom. The lowest BCUT2D eigenvalue weighted by Gasteiger charge is -2.21. The van der Waals surface area contributed by atoms with Gasteiger partial charge in [-0.1, -0.05) is 0 Å². The van der Waals surface area contributed by atoms with E-state index in [1.807, 2.05) is 4.90 Å². The fourth-order valence-corrected chi connectivity index (χ4v) is 2.26. The highest BCUT2D eigenvalue weighted by Gasteiger charge is 2.22. The maximum absolute atomic E-state index is 13.1. The van der Waals surface area contributed by atoms with Crippen LogP contribution in [-0.2, 0) is 11.3 Å². The Balaban J connectivity index is 1.90. The molecule has 0 aromatic heterocycles. The van der Waals surface area contributed by atoms with E-state index < -0.39 is 5.82 Å². The number of nitrogens with zero attached hydrogens (tertiary/aromatic N) is 1. The predicted octanol–water partition coefficient (Wildman–Crippen LogP) is 1.63. The number of rotatable bonds is 4. The lowest BCUT2D eigenvalue weighted by atomic mass is 10.2. The van der Waals surface area contributed by atoms with Crippen molar-refractivity contribution >= 4 is 5.91 Å². The minimum Gasteiger partial charge on any atom is -0.508 e. The van der Waals surface area contributed by atoms with Gasteiger partial charge >= 0.3 is 0 Å². The Bertz CT molecular complexity index is 459. The van der Waals surface area contributed by atoms with Gasteiger partial charge in [0.25, 0.3) is 0 Å². The van der Waals surface area contributed by atoms with Gasteiger partial charge in [-0.15, -0.1) is 0 Å². The van der Waals surface area contributed by atoms with E-state index in [4.69, 9.17) is 0 Å². The van der Waals surface area contributed by atoms with Gasteiger partial charge in [-0.3, -0.25) is 4.79 Å². The number of nitrogens with one attached hydrogen (secondary N) is 1. The molecule has 1 heterocycles. The van der Waals surface area contributed by atoms with Crippen LogP contribution in [0.25, 0.3) is 0 Å². The zero-order chi connectivity index (χ0) is 13.8. The molecule has 1 aliphatic heterocycles. The summed E-state index contributed by atoms with van der Waals surface area (Å²) in [5.41, 5.74) is 0.459. The molecule has 1 aromatic carbocycles. The first-order valence-electron chi connectivity index (χ1n) is 6.57. The van der Waals surface area contributed by atoms with Crippen LogP contribution in [0.4, 0.5) is 4.39 Å². The number of phenols is 1.